The van der Waals surface area contributed by atoms with Gasteiger partial charge in [0.25, 0.3) is 0 Å². The zero-order valence-electron chi connectivity index (χ0n) is 11.9. The molecule has 3 rings (SSSR count). The second-order valence-corrected chi connectivity index (χ2v) is 5.61. The summed E-state index contributed by atoms with van der Waals surface area (Å²) in [6.07, 6.45) is 1.06. The number of hydrogen-bond acceptors (Lipinski definition) is 3. The third kappa shape index (κ3) is 2.75. The second kappa shape index (κ2) is 5.56. The van der Waals surface area contributed by atoms with Crippen LogP contribution in [0.5, 0.6) is 0 Å². The molecule has 4 heteroatoms. The lowest BCUT2D eigenvalue weighted by molar-refractivity contribution is 0.0690. The van der Waals surface area contributed by atoms with Crippen LogP contribution in [0.15, 0.2) is 48.5 Å². The van der Waals surface area contributed by atoms with Crippen LogP contribution in [-0.4, -0.2) is 22.6 Å². The van der Waals surface area contributed by atoms with Crippen LogP contribution < -0.4 is 4.90 Å². The molecular weight excluding hydrogens is 264 g/mol. The smallest absolute Gasteiger partial charge is 0.354 e. The van der Waals surface area contributed by atoms with Crippen LogP contribution in [0.2, 0.25) is 0 Å². The zero-order valence-corrected chi connectivity index (χ0v) is 11.9. The summed E-state index contributed by atoms with van der Waals surface area (Å²) in [6, 6.07) is 15.8. The van der Waals surface area contributed by atoms with Crippen LogP contribution in [0.3, 0.4) is 0 Å². The van der Waals surface area contributed by atoms with Crippen molar-refractivity contribution in [3.05, 3.63) is 59.8 Å². The molecule has 0 bridgehead atoms. The fourth-order valence-electron chi connectivity index (χ4n) is 2.99. The number of anilines is 1. The molecule has 2 aromatic rings. The average Bonchev–Trinajstić information content (AvgIpc) is 2.90. The molecule has 0 saturated carbocycles. The molecular formula is C17H18N2O2. The molecule has 2 heterocycles. The molecule has 1 aromatic heterocycles. The predicted octanol–water partition coefficient (Wildman–Crippen LogP) is 3.37. The zero-order chi connectivity index (χ0) is 14.8. The Hall–Kier alpha value is -2.36. The third-order valence-electron chi connectivity index (χ3n) is 3.94. The summed E-state index contributed by atoms with van der Waals surface area (Å²) in [6.45, 7) is 3.12. The van der Waals surface area contributed by atoms with E-state index in [9.17, 15) is 4.79 Å². The van der Waals surface area contributed by atoms with Gasteiger partial charge in [0.15, 0.2) is 5.69 Å². The van der Waals surface area contributed by atoms with Crippen LogP contribution in [-0.2, 0) is 0 Å². The van der Waals surface area contributed by atoms with Crippen molar-refractivity contribution < 1.29 is 9.90 Å². The highest BCUT2D eigenvalue weighted by Gasteiger charge is 2.31. The van der Waals surface area contributed by atoms with E-state index in [4.69, 9.17) is 5.11 Å². The van der Waals surface area contributed by atoms with Crippen LogP contribution >= 0.6 is 0 Å². The number of pyridine rings is 1. The molecule has 21 heavy (non-hydrogen) atoms. The number of benzene rings is 1. The minimum atomic E-state index is -0.986. The number of aromatic carboxylic acids is 1. The standard InChI is InChI=1S/C17H18N2O2/c1-12-10-15(13-6-3-2-4-7-13)19(11-12)16-9-5-8-14(18-16)17(20)21/h2-9,12,15H,10-11H2,1H3,(H,20,21). The molecule has 4 nitrogen and oxygen atoms in total. The number of aromatic nitrogens is 1. The van der Waals surface area contributed by atoms with Crippen molar-refractivity contribution in [3.63, 3.8) is 0 Å². The second-order valence-electron chi connectivity index (χ2n) is 5.61. The van der Waals surface area contributed by atoms with Crippen molar-refractivity contribution in [3.8, 4) is 0 Å². The van der Waals surface area contributed by atoms with Gasteiger partial charge in [-0.2, -0.15) is 0 Å². The number of rotatable bonds is 3. The van der Waals surface area contributed by atoms with Gasteiger partial charge in [-0.1, -0.05) is 43.3 Å². The minimum absolute atomic E-state index is 0.0962. The summed E-state index contributed by atoms with van der Waals surface area (Å²) in [5.74, 6) is 0.318. The van der Waals surface area contributed by atoms with E-state index in [1.165, 1.54) is 11.6 Å². The Morgan fingerprint density at radius 3 is 2.67 bits per heavy atom. The highest BCUT2D eigenvalue weighted by Crippen LogP contribution is 2.37. The first kappa shape index (κ1) is 13.6. The maximum Gasteiger partial charge on any atom is 0.354 e. The van der Waals surface area contributed by atoms with Crippen molar-refractivity contribution in [1.29, 1.82) is 0 Å². The molecule has 1 aliphatic heterocycles. The summed E-state index contributed by atoms with van der Waals surface area (Å²) >= 11 is 0. The first-order valence-corrected chi connectivity index (χ1v) is 7.17. The number of carbonyl (C=O) groups is 1. The number of carboxylic acid groups (broad SMARTS) is 1. The highest BCUT2D eigenvalue weighted by atomic mass is 16.4. The fourth-order valence-corrected chi connectivity index (χ4v) is 2.99. The predicted molar refractivity (Wildman–Crippen MR) is 81.5 cm³/mol. The van der Waals surface area contributed by atoms with Crippen LogP contribution in [0, 0.1) is 5.92 Å². The molecule has 0 amide bonds. The highest BCUT2D eigenvalue weighted by molar-refractivity contribution is 5.85. The van der Waals surface area contributed by atoms with Gasteiger partial charge < -0.3 is 10.0 Å². The Labute approximate surface area is 124 Å². The lowest BCUT2D eigenvalue weighted by Crippen LogP contribution is -2.24. The van der Waals surface area contributed by atoms with E-state index in [1.807, 2.05) is 24.3 Å². The van der Waals surface area contributed by atoms with Crippen LogP contribution in [0.4, 0.5) is 5.82 Å². The van der Waals surface area contributed by atoms with Crippen molar-refractivity contribution in [2.45, 2.75) is 19.4 Å². The van der Waals surface area contributed by atoms with Gasteiger partial charge in [-0.3, -0.25) is 0 Å². The van der Waals surface area contributed by atoms with E-state index in [1.54, 1.807) is 6.07 Å². The Kier molecular flexibility index (Phi) is 3.60. The molecule has 108 valence electrons. The van der Waals surface area contributed by atoms with Gasteiger partial charge >= 0.3 is 5.97 Å². The summed E-state index contributed by atoms with van der Waals surface area (Å²) < 4.78 is 0. The Bertz CT molecular complexity index is 642. The van der Waals surface area contributed by atoms with Crippen molar-refractivity contribution in [2.75, 3.05) is 11.4 Å². The van der Waals surface area contributed by atoms with Gasteiger partial charge in [0, 0.05) is 6.54 Å². The first-order chi connectivity index (χ1) is 10.1. The first-order valence-electron chi connectivity index (χ1n) is 7.17. The topological polar surface area (TPSA) is 53.4 Å². The Morgan fingerprint density at radius 2 is 1.95 bits per heavy atom. The Balaban J connectivity index is 1.96. The molecule has 1 saturated heterocycles. The van der Waals surface area contributed by atoms with E-state index in [-0.39, 0.29) is 11.7 Å². The van der Waals surface area contributed by atoms with Crippen molar-refractivity contribution >= 4 is 11.8 Å². The average molecular weight is 282 g/mol. The summed E-state index contributed by atoms with van der Waals surface area (Å²) in [4.78, 5) is 17.6. The lowest BCUT2D eigenvalue weighted by atomic mass is 10.0. The quantitative estimate of drug-likeness (QED) is 0.937. The van der Waals surface area contributed by atoms with Gasteiger partial charge in [-0.15, -0.1) is 0 Å². The summed E-state index contributed by atoms with van der Waals surface area (Å²) in [5, 5.41) is 9.11. The SMILES string of the molecule is CC1CC(c2ccccc2)N(c2cccc(C(=O)O)n2)C1. The molecule has 0 aliphatic carbocycles. The fraction of sp³-hybridized carbons (Fsp3) is 0.294. The number of carboxylic acids is 1. The molecule has 2 atom stereocenters. The van der Waals surface area contributed by atoms with Gasteiger partial charge in [0.1, 0.15) is 5.82 Å². The normalized spacial score (nSPS) is 21.5. The lowest BCUT2D eigenvalue weighted by Gasteiger charge is -2.26. The van der Waals surface area contributed by atoms with Gasteiger partial charge in [-0.25, -0.2) is 9.78 Å². The molecule has 2 unspecified atom stereocenters. The van der Waals surface area contributed by atoms with E-state index in [0.717, 1.165) is 18.8 Å². The molecule has 0 radical (unpaired) electrons. The van der Waals surface area contributed by atoms with Gasteiger partial charge in [0.05, 0.1) is 6.04 Å². The summed E-state index contributed by atoms with van der Waals surface area (Å²) in [7, 11) is 0. The van der Waals surface area contributed by atoms with Gasteiger partial charge in [-0.05, 0) is 30.0 Å². The molecule has 1 aromatic carbocycles. The van der Waals surface area contributed by atoms with E-state index < -0.39 is 5.97 Å². The molecule has 1 fully saturated rings. The van der Waals surface area contributed by atoms with E-state index in [0.29, 0.717) is 5.92 Å². The third-order valence-corrected chi connectivity index (χ3v) is 3.94. The maximum absolute atomic E-state index is 11.1. The molecule has 1 N–H and O–H groups in total. The molecule has 1 aliphatic rings. The van der Waals surface area contributed by atoms with Crippen molar-refractivity contribution in [1.82, 2.24) is 4.98 Å². The monoisotopic (exact) mass is 282 g/mol. The van der Waals surface area contributed by atoms with E-state index >= 15 is 0 Å². The van der Waals surface area contributed by atoms with Gasteiger partial charge in [0.2, 0.25) is 0 Å². The minimum Gasteiger partial charge on any atom is -0.477 e. The Morgan fingerprint density at radius 1 is 1.19 bits per heavy atom. The van der Waals surface area contributed by atoms with Crippen LogP contribution in [0.1, 0.15) is 35.4 Å². The van der Waals surface area contributed by atoms with E-state index in [2.05, 4.69) is 28.9 Å². The number of nitrogens with zero attached hydrogens (tertiary/aromatic N) is 2. The summed E-state index contributed by atoms with van der Waals surface area (Å²) in [5.41, 5.74) is 1.35. The van der Waals surface area contributed by atoms with Crippen molar-refractivity contribution in [2.24, 2.45) is 5.92 Å². The molecule has 0 spiro atoms. The largest absolute Gasteiger partial charge is 0.477 e. The van der Waals surface area contributed by atoms with Crippen LogP contribution in [0.25, 0.3) is 0 Å². The number of hydrogen-bond donors (Lipinski definition) is 1. The maximum atomic E-state index is 11.1.